The molecule has 1 fully saturated rings. The number of fused-ring (bicyclic) bond motifs is 1. The van der Waals surface area contributed by atoms with Crippen LogP contribution in [0.4, 0.5) is 5.69 Å². The number of Topliss-reactive ketones (excluding diaryl/α,β-unsaturated/α-hetero) is 1. The van der Waals surface area contributed by atoms with Crippen molar-refractivity contribution in [3.8, 4) is 17.2 Å². The lowest BCUT2D eigenvalue weighted by atomic mass is 9.98. The minimum absolute atomic E-state index is 0.0616. The number of hydrogen-bond acceptors (Lipinski definition) is 7. The van der Waals surface area contributed by atoms with Crippen LogP contribution in [-0.4, -0.2) is 35.7 Å². The molecule has 0 spiro atoms. The van der Waals surface area contributed by atoms with Gasteiger partial charge < -0.3 is 19.3 Å². The van der Waals surface area contributed by atoms with Crippen LogP contribution >= 0.6 is 15.9 Å². The second-order valence-corrected chi connectivity index (χ2v) is 8.16. The number of amides is 1. The minimum atomic E-state index is -0.938. The van der Waals surface area contributed by atoms with Crippen LogP contribution in [0, 0.1) is 0 Å². The number of aromatic nitrogens is 1. The number of carbonyl (C=O) groups is 2. The number of pyridine rings is 1. The molecule has 1 N–H and O–H groups in total. The highest BCUT2D eigenvalue weighted by molar-refractivity contribution is 9.10. The SMILES string of the molecule is COc1ccc(/C(O)=C2\C(=O)C(=O)N(c3ccc4c(c3)OCO4)C2c2ccccn2)cc1Br. The van der Waals surface area contributed by atoms with Gasteiger partial charge >= 0.3 is 0 Å². The highest BCUT2D eigenvalue weighted by atomic mass is 79.9. The fraction of sp³-hybridized carbons (Fsp3) is 0.125. The summed E-state index contributed by atoms with van der Waals surface area (Å²) >= 11 is 3.39. The summed E-state index contributed by atoms with van der Waals surface area (Å²) in [6.45, 7) is 0.0770. The highest BCUT2D eigenvalue weighted by Gasteiger charge is 2.48. The molecule has 1 atom stereocenters. The maximum atomic E-state index is 13.2. The molecule has 3 aromatic rings. The van der Waals surface area contributed by atoms with E-state index in [0.717, 1.165) is 0 Å². The van der Waals surface area contributed by atoms with Crippen molar-refractivity contribution in [3.63, 3.8) is 0 Å². The van der Waals surface area contributed by atoms with E-state index in [2.05, 4.69) is 20.9 Å². The normalized spacial score (nSPS) is 18.6. The van der Waals surface area contributed by atoms with Crippen molar-refractivity contribution < 1.29 is 28.9 Å². The lowest BCUT2D eigenvalue weighted by Crippen LogP contribution is -2.29. The summed E-state index contributed by atoms with van der Waals surface area (Å²) in [5, 5.41) is 11.2. The number of methoxy groups -OCH3 is 1. The number of hydrogen-bond donors (Lipinski definition) is 1. The Kier molecular flexibility index (Phi) is 5.26. The van der Waals surface area contributed by atoms with Crippen molar-refractivity contribution in [1.82, 2.24) is 4.98 Å². The molecule has 1 unspecified atom stereocenters. The quantitative estimate of drug-likeness (QED) is 0.320. The number of ether oxygens (including phenoxy) is 3. The topological polar surface area (TPSA) is 98.2 Å². The van der Waals surface area contributed by atoms with Gasteiger partial charge in [0.1, 0.15) is 17.6 Å². The summed E-state index contributed by atoms with van der Waals surface area (Å²) in [6, 6.07) is 14.1. The standard InChI is InChI=1S/C24H17BrN2O6/c1-31-17-7-5-13(10-15(17)25)22(28)20-21(16-4-2-3-9-26-16)27(24(30)23(20)29)14-6-8-18-19(11-14)33-12-32-18/h2-11,21,28H,12H2,1H3/b22-20+. The van der Waals surface area contributed by atoms with Crippen molar-refractivity contribution in [2.75, 3.05) is 18.8 Å². The number of aliphatic hydroxyl groups is 1. The van der Waals surface area contributed by atoms with Gasteiger partial charge in [0.15, 0.2) is 11.5 Å². The van der Waals surface area contributed by atoms with E-state index in [1.54, 1.807) is 60.8 Å². The zero-order valence-corrected chi connectivity index (χ0v) is 18.9. The van der Waals surface area contributed by atoms with Gasteiger partial charge in [-0.2, -0.15) is 0 Å². The first-order valence-corrected chi connectivity index (χ1v) is 10.7. The molecule has 2 aliphatic heterocycles. The lowest BCUT2D eigenvalue weighted by molar-refractivity contribution is -0.132. The fourth-order valence-corrected chi connectivity index (χ4v) is 4.46. The van der Waals surface area contributed by atoms with Gasteiger partial charge in [0.25, 0.3) is 11.7 Å². The number of nitrogens with zero attached hydrogens (tertiary/aromatic N) is 2. The predicted octanol–water partition coefficient (Wildman–Crippen LogP) is 4.21. The molecule has 1 amide bonds. The van der Waals surface area contributed by atoms with Gasteiger partial charge in [0.2, 0.25) is 6.79 Å². The largest absolute Gasteiger partial charge is 0.507 e. The minimum Gasteiger partial charge on any atom is -0.507 e. The third-order valence-electron chi connectivity index (χ3n) is 5.47. The number of aliphatic hydroxyl groups excluding tert-OH is 1. The molecule has 0 aliphatic carbocycles. The number of ketones is 1. The lowest BCUT2D eigenvalue weighted by Gasteiger charge is -2.24. The average Bonchev–Trinajstić information content (AvgIpc) is 3.41. The Hall–Kier alpha value is -3.85. The van der Waals surface area contributed by atoms with Crippen molar-refractivity contribution in [2.45, 2.75) is 6.04 Å². The summed E-state index contributed by atoms with van der Waals surface area (Å²) in [5.41, 5.74) is 1.15. The van der Waals surface area contributed by atoms with Crippen LogP contribution in [0.15, 0.2) is 70.8 Å². The average molecular weight is 509 g/mol. The number of rotatable bonds is 4. The van der Waals surface area contributed by atoms with Gasteiger partial charge in [0.05, 0.1) is 22.8 Å². The van der Waals surface area contributed by atoms with Gasteiger partial charge in [-0.3, -0.25) is 19.5 Å². The summed E-state index contributed by atoms with van der Waals surface area (Å²) < 4.78 is 16.6. The number of halogens is 1. The summed E-state index contributed by atoms with van der Waals surface area (Å²) in [5.74, 6) is -0.322. The molecule has 3 heterocycles. The molecule has 166 valence electrons. The molecule has 1 aromatic heterocycles. The molecular weight excluding hydrogens is 492 g/mol. The molecule has 0 bridgehead atoms. The zero-order valence-electron chi connectivity index (χ0n) is 17.3. The Morgan fingerprint density at radius 2 is 1.94 bits per heavy atom. The van der Waals surface area contributed by atoms with E-state index < -0.39 is 17.7 Å². The first-order chi connectivity index (χ1) is 16.0. The van der Waals surface area contributed by atoms with E-state index in [-0.39, 0.29) is 18.1 Å². The Balaban J connectivity index is 1.69. The van der Waals surface area contributed by atoms with E-state index in [1.165, 1.54) is 12.0 Å². The molecule has 2 aromatic carbocycles. The van der Waals surface area contributed by atoms with Gasteiger partial charge in [0, 0.05) is 23.5 Å². The van der Waals surface area contributed by atoms with Crippen LogP contribution < -0.4 is 19.1 Å². The predicted molar refractivity (Wildman–Crippen MR) is 122 cm³/mol. The van der Waals surface area contributed by atoms with Crippen LogP contribution in [0.25, 0.3) is 5.76 Å². The number of carbonyl (C=O) groups excluding carboxylic acids is 2. The summed E-state index contributed by atoms with van der Waals surface area (Å²) in [7, 11) is 1.53. The third-order valence-corrected chi connectivity index (χ3v) is 6.09. The molecule has 9 heteroatoms. The molecular formula is C24H17BrN2O6. The zero-order chi connectivity index (χ0) is 23.1. The molecule has 5 rings (SSSR count). The van der Waals surface area contributed by atoms with Gasteiger partial charge in [-0.1, -0.05) is 6.07 Å². The third kappa shape index (κ3) is 3.50. The van der Waals surface area contributed by atoms with Crippen LogP contribution in [0.2, 0.25) is 0 Å². The monoisotopic (exact) mass is 508 g/mol. The molecule has 1 saturated heterocycles. The maximum absolute atomic E-state index is 13.2. The Morgan fingerprint density at radius 1 is 1.12 bits per heavy atom. The van der Waals surface area contributed by atoms with Crippen LogP contribution in [0.5, 0.6) is 17.2 Å². The molecule has 8 nitrogen and oxygen atoms in total. The molecule has 33 heavy (non-hydrogen) atoms. The van der Waals surface area contributed by atoms with Crippen molar-refractivity contribution in [2.24, 2.45) is 0 Å². The number of benzene rings is 2. The summed E-state index contributed by atoms with van der Waals surface area (Å²) in [6.07, 6.45) is 1.57. The molecule has 0 radical (unpaired) electrons. The molecule has 0 saturated carbocycles. The summed E-state index contributed by atoms with van der Waals surface area (Å²) in [4.78, 5) is 32.1. The smallest absolute Gasteiger partial charge is 0.300 e. The maximum Gasteiger partial charge on any atom is 0.300 e. The van der Waals surface area contributed by atoms with Crippen LogP contribution in [0.1, 0.15) is 17.3 Å². The van der Waals surface area contributed by atoms with Crippen molar-refractivity contribution in [1.29, 1.82) is 0 Å². The number of anilines is 1. The van der Waals surface area contributed by atoms with Crippen molar-refractivity contribution in [3.05, 3.63) is 82.1 Å². The second kappa shape index (κ2) is 8.25. The second-order valence-electron chi connectivity index (χ2n) is 7.31. The van der Waals surface area contributed by atoms with E-state index in [9.17, 15) is 14.7 Å². The molecule has 2 aliphatic rings. The van der Waals surface area contributed by atoms with Crippen molar-refractivity contribution >= 4 is 39.1 Å². The van der Waals surface area contributed by atoms with E-state index in [4.69, 9.17) is 14.2 Å². The fourth-order valence-electron chi connectivity index (χ4n) is 3.92. The Labute approximate surface area is 197 Å². The Morgan fingerprint density at radius 3 is 2.67 bits per heavy atom. The van der Waals surface area contributed by atoms with E-state index in [1.807, 2.05) is 0 Å². The van der Waals surface area contributed by atoms with Gasteiger partial charge in [-0.15, -0.1) is 0 Å². The van der Waals surface area contributed by atoms with E-state index >= 15 is 0 Å². The van der Waals surface area contributed by atoms with Gasteiger partial charge in [-0.05, 0) is 58.4 Å². The van der Waals surface area contributed by atoms with E-state index in [0.29, 0.717) is 38.7 Å². The highest BCUT2D eigenvalue weighted by Crippen LogP contribution is 2.44. The first-order valence-electron chi connectivity index (χ1n) is 9.95. The van der Waals surface area contributed by atoms with Gasteiger partial charge in [-0.25, -0.2) is 0 Å². The van der Waals surface area contributed by atoms with Crippen LogP contribution in [-0.2, 0) is 9.59 Å². The first kappa shape index (κ1) is 21.0. The van der Waals surface area contributed by atoms with Crippen LogP contribution in [0.3, 0.4) is 0 Å². The Bertz CT molecular complexity index is 1310.